The standard InChI is InChI=1S/C14H9ClF2N2O5S/c15-14(16,17)24-9-3-1-8(2-4-9)19-25(21,22)10-5-6-11-12(7-10)23-13(20)18-11/h1-7,19H,(H,18,20). The first-order valence-electron chi connectivity index (χ1n) is 6.64. The fraction of sp³-hybridized carbons (Fsp3) is 0.0714. The molecule has 3 aromatic rings. The van der Waals surface area contributed by atoms with Gasteiger partial charge in [-0.25, -0.2) is 13.2 Å². The number of fused-ring (bicyclic) bond motifs is 1. The molecule has 11 heteroatoms. The van der Waals surface area contributed by atoms with Crippen molar-refractivity contribution in [2.24, 2.45) is 0 Å². The summed E-state index contributed by atoms with van der Waals surface area (Å²) in [7, 11) is -3.98. The lowest BCUT2D eigenvalue weighted by Crippen LogP contribution is -2.16. The van der Waals surface area contributed by atoms with Crippen LogP contribution in [0.2, 0.25) is 0 Å². The maximum atomic E-state index is 12.5. The molecule has 0 fully saturated rings. The Morgan fingerprint density at radius 3 is 2.48 bits per heavy atom. The molecule has 2 N–H and O–H groups in total. The van der Waals surface area contributed by atoms with Crippen molar-refractivity contribution >= 4 is 38.4 Å². The highest BCUT2D eigenvalue weighted by atomic mass is 35.5. The van der Waals surface area contributed by atoms with Gasteiger partial charge < -0.3 is 9.15 Å². The predicted octanol–water partition coefficient (Wildman–Crippen LogP) is 3.09. The number of hydrogen-bond acceptors (Lipinski definition) is 5. The third-order valence-electron chi connectivity index (χ3n) is 3.04. The average molecular weight is 391 g/mol. The maximum Gasteiger partial charge on any atom is 0.487 e. The summed E-state index contributed by atoms with van der Waals surface area (Å²) in [4.78, 5) is 13.4. The molecule has 7 nitrogen and oxygen atoms in total. The summed E-state index contributed by atoms with van der Waals surface area (Å²) in [5.74, 6) is -0.942. The highest BCUT2D eigenvalue weighted by Gasteiger charge is 2.27. The summed E-state index contributed by atoms with van der Waals surface area (Å²) in [5, 5.41) is 0. The molecule has 0 saturated heterocycles. The van der Waals surface area contributed by atoms with E-state index < -0.39 is 21.3 Å². The molecular formula is C14H9ClF2N2O5S. The summed E-state index contributed by atoms with van der Waals surface area (Å²) in [5.41, 5.74) is -3.31. The normalized spacial score (nSPS) is 12.3. The Bertz CT molecular complexity index is 1070. The monoisotopic (exact) mass is 390 g/mol. The summed E-state index contributed by atoms with van der Waals surface area (Å²) >= 11 is 4.64. The number of alkyl halides is 3. The number of anilines is 1. The van der Waals surface area contributed by atoms with Gasteiger partial charge in [-0.2, -0.15) is 0 Å². The molecule has 0 spiro atoms. The van der Waals surface area contributed by atoms with Crippen molar-refractivity contribution in [1.29, 1.82) is 0 Å². The summed E-state index contributed by atoms with van der Waals surface area (Å²) in [6, 6.07) is 8.55. The number of ether oxygens (including phenoxy) is 1. The van der Waals surface area contributed by atoms with Gasteiger partial charge in [0.05, 0.1) is 10.4 Å². The molecule has 0 unspecified atom stereocenters. The molecule has 0 amide bonds. The number of sulfonamides is 1. The van der Waals surface area contributed by atoms with Crippen LogP contribution in [-0.4, -0.2) is 19.0 Å². The number of benzene rings is 2. The van der Waals surface area contributed by atoms with Gasteiger partial charge in [0.25, 0.3) is 10.0 Å². The SMILES string of the molecule is O=c1[nH]c2ccc(S(=O)(=O)Nc3ccc(OC(F)(F)Cl)cc3)cc2o1. The zero-order valence-corrected chi connectivity index (χ0v) is 13.7. The lowest BCUT2D eigenvalue weighted by Gasteiger charge is -2.12. The Morgan fingerprint density at radius 1 is 1.16 bits per heavy atom. The number of aromatic nitrogens is 1. The number of oxazole rings is 1. The molecule has 3 rings (SSSR count). The lowest BCUT2D eigenvalue weighted by molar-refractivity contribution is -0.0964. The molecule has 0 aliphatic rings. The quantitative estimate of drug-likeness (QED) is 0.652. The van der Waals surface area contributed by atoms with Gasteiger partial charge in [-0.3, -0.25) is 9.71 Å². The first-order chi connectivity index (χ1) is 11.6. The molecule has 0 saturated carbocycles. The van der Waals surface area contributed by atoms with Gasteiger partial charge in [0, 0.05) is 23.4 Å². The molecule has 2 aromatic carbocycles. The van der Waals surface area contributed by atoms with Crippen LogP contribution < -0.4 is 15.2 Å². The van der Waals surface area contributed by atoms with E-state index in [1.165, 1.54) is 30.3 Å². The Hall–Kier alpha value is -2.59. The minimum atomic E-state index is -3.98. The van der Waals surface area contributed by atoms with Gasteiger partial charge in [0.15, 0.2) is 5.58 Å². The third kappa shape index (κ3) is 4.09. The van der Waals surface area contributed by atoms with Gasteiger partial charge in [-0.15, -0.1) is 8.78 Å². The number of nitrogens with one attached hydrogen (secondary N) is 2. The molecule has 0 radical (unpaired) electrons. The summed E-state index contributed by atoms with van der Waals surface area (Å²) in [6.45, 7) is 0. The molecule has 1 heterocycles. The van der Waals surface area contributed by atoms with E-state index in [9.17, 15) is 22.0 Å². The van der Waals surface area contributed by atoms with E-state index in [2.05, 4.69) is 26.0 Å². The lowest BCUT2D eigenvalue weighted by atomic mass is 10.3. The first-order valence-corrected chi connectivity index (χ1v) is 8.50. The molecule has 132 valence electrons. The van der Waals surface area contributed by atoms with Crippen LogP contribution in [-0.2, 0) is 10.0 Å². The van der Waals surface area contributed by atoms with Crippen molar-refractivity contribution in [2.75, 3.05) is 4.72 Å². The second-order valence-corrected chi connectivity index (χ2v) is 6.97. The van der Waals surface area contributed by atoms with Crippen LogP contribution in [0.25, 0.3) is 11.1 Å². The molecule has 25 heavy (non-hydrogen) atoms. The van der Waals surface area contributed by atoms with Crippen LogP contribution in [0, 0.1) is 0 Å². The first kappa shape index (κ1) is 17.2. The van der Waals surface area contributed by atoms with Gasteiger partial charge in [-0.05, 0) is 36.4 Å². The number of aromatic amines is 1. The molecule has 0 aliphatic carbocycles. The van der Waals surface area contributed by atoms with Crippen LogP contribution in [0.1, 0.15) is 0 Å². The highest BCUT2D eigenvalue weighted by molar-refractivity contribution is 7.92. The van der Waals surface area contributed by atoms with Gasteiger partial charge in [-0.1, -0.05) is 0 Å². The van der Waals surface area contributed by atoms with Gasteiger partial charge in [0.1, 0.15) is 5.75 Å². The molecule has 0 bridgehead atoms. The number of H-pyrrole nitrogens is 1. The number of hydrogen-bond donors (Lipinski definition) is 2. The van der Waals surface area contributed by atoms with E-state index >= 15 is 0 Å². The predicted molar refractivity (Wildman–Crippen MR) is 85.5 cm³/mol. The van der Waals surface area contributed by atoms with Crippen molar-refractivity contribution in [1.82, 2.24) is 4.98 Å². The molecular weight excluding hydrogens is 382 g/mol. The van der Waals surface area contributed by atoms with Gasteiger partial charge in [0.2, 0.25) is 0 Å². The summed E-state index contributed by atoms with van der Waals surface area (Å²) in [6.07, 6.45) is 0. The van der Waals surface area contributed by atoms with Crippen LogP contribution in [0.15, 0.2) is 56.6 Å². The van der Waals surface area contributed by atoms with Gasteiger partial charge >= 0.3 is 11.3 Å². The van der Waals surface area contributed by atoms with Crippen LogP contribution >= 0.6 is 11.6 Å². The Kier molecular flexibility index (Phi) is 4.17. The third-order valence-corrected chi connectivity index (χ3v) is 4.50. The number of rotatable bonds is 5. The fourth-order valence-corrected chi connectivity index (χ4v) is 3.19. The van der Waals surface area contributed by atoms with E-state index in [4.69, 9.17) is 4.42 Å². The highest BCUT2D eigenvalue weighted by Crippen LogP contribution is 2.27. The maximum absolute atomic E-state index is 12.5. The van der Waals surface area contributed by atoms with Crippen LogP contribution in [0.3, 0.4) is 0 Å². The Morgan fingerprint density at radius 2 is 1.84 bits per heavy atom. The van der Waals surface area contributed by atoms with Crippen LogP contribution in [0.4, 0.5) is 14.5 Å². The van der Waals surface area contributed by atoms with Crippen molar-refractivity contribution in [2.45, 2.75) is 10.5 Å². The summed E-state index contributed by atoms with van der Waals surface area (Å²) < 4.78 is 61.0. The van der Waals surface area contributed by atoms with E-state index in [0.717, 1.165) is 12.1 Å². The molecule has 0 atom stereocenters. The average Bonchev–Trinajstić information content (AvgIpc) is 2.86. The zero-order chi connectivity index (χ0) is 18.2. The Labute approximate surface area is 144 Å². The topological polar surface area (TPSA) is 101 Å². The van der Waals surface area contributed by atoms with E-state index in [1.54, 1.807) is 0 Å². The molecule has 1 aromatic heterocycles. The second-order valence-electron chi connectivity index (χ2n) is 4.85. The van der Waals surface area contributed by atoms with E-state index in [0.29, 0.717) is 5.52 Å². The van der Waals surface area contributed by atoms with Crippen molar-refractivity contribution < 1.29 is 26.4 Å². The second kappa shape index (κ2) is 6.05. The van der Waals surface area contributed by atoms with E-state index in [-0.39, 0.29) is 21.9 Å². The van der Waals surface area contributed by atoms with Crippen LogP contribution in [0.5, 0.6) is 5.75 Å². The van der Waals surface area contributed by atoms with Crippen molar-refractivity contribution in [3.05, 3.63) is 53.0 Å². The minimum Gasteiger partial charge on any atom is -0.420 e. The Balaban J connectivity index is 1.83. The van der Waals surface area contributed by atoms with Crippen molar-refractivity contribution in [3.8, 4) is 5.75 Å². The minimum absolute atomic E-state index is 0.0842. The largest absolute Gasteiger partial charge is 0.487 e. The fourth-order valence-electron chi connectivity index (χ4n) is 2.03. The zero-order valence-electron chi connectivity index (χ0n) is 12.1. The van der Waals surface area contributed by atoms with Crippen molar-refractivity contribution in [3.63, 3.8) is 0 Å². The molecule has 0 aliphatic heterocycles. The smallest absolute Gasteiger partial charge is 0.420 e. The number of halogens is 3. The van der Waals surface area contributed by atoms with E-state index in [1.807, 2.05) is 0 Å².